The number of hydrogen-bond donors (Lipinski definition) is 3. The van der Waals surface area contributed by atoms with Crippen LogP contribution in [0, 0.1) is 6.92 Å². The van der Waals surface area contributed by atoms with Crippen LogP contribution in [0.15, 0.2) is 27.4 Å². The molecule has 0 radical (unpaired) electrons. The summed E-state index contributed by atoms with van der Waals surface area (Å²) in [7, 11) is 0. The van der Waals surface area contributed by atoms with Gasteiger partial charge < -0.3 is 19.7 Å². The fourth-order valence-corrected chi connectivity index (χ4v) is 5.03. The zero-order valence-corrected chi connectivity index (χ0v) is 20.4. The van der Waals surface area contributed by atoms with E-state index in [1.54, 1.807) is 0 Å². The first-order valence-corrected chi connectivity index (χ1v) is 11.0. The van der Waals surface area contributed by atoms with Gasteiger partial charge in [0.2, 0.25) is 5.43 Å². The molecule has 0 fully saturated rings. The highest BCUT2D eigenvalue weighted by molar-refractivity contribution is 6.42. The Bertz CT molecular complexity index is 1610. The van der Waals surface area contributed by atoms with Crippen molar-refractivity contribution in [2.45, 2.75) is 6.92 Å². The number of carboxylic acid groups (broad SMARTS) is 2. The number of carbonyl (C=O) groups is 2. The second kappa shape index (κ2) is 8.52. The van der Waals surface area contributed by atoms with Gasteiger partial charge >= 0.3 is 11.9 Å². The molecular weight excluding hydrogens is 554 g/mol. The quantitative estimate of drug-likeness (QED) is 0.225. The van der Waals surface area contributed by atoms with E-state index < -0.39 is 43.6 Å². The van der Waals surface area contributed by atoms with Gasteiger partial charge in [-0.15, -0.1) is 0 Å². The van der Waals surface area contributed by atoms with Gasteiger partial charge in [0, 0.05) is 27.6 Å². The van der Waals surface area contributed by atoms with Crippen molar-refractivity contribution in [2.24, 2.45) is 0 Å². The number of benzene rings is 3. The lowest BCUT2D eigenvalue weighted by Crippen LogP contribution is -2.10. The average Bonchev–Trinajstić information content (AvgIpc) is 2.76. The summed E-state index contributed by atoms with van der Waals surface area (Å²) in [6, 6.07) is 3.37. The van der Waals surface area contributed by atoms with Crippen molar-refractivity contribution in [1.29, 1.82) is 0 Å². The zero-order valence-electron chi connectivity index (χ0n) is 16.6. The van der Waals surface area contributed by atoms with Crippen LogP contribution in [0.5, 0.6) is 5.75 Å². The van der Waals surface area contributed by atoms with Gasteiger partial charge in [0.15, 0.2) is 5.76 Å². The van der Waals surface area contributed by atoms with Crippen molar-refractivity contribution in [3.63, 3.8) is 0 Å². The van der Waals surface area contributed by atoms with Crippen LogP contribution in [0.2, 0.25) is 25.1 Å². The van der Waals surface area contributed by atoms with Gasteiger partial charge in [-0.3, -0.25) is 4.79 Å². The standard InChI is InChI=1S/C22H9Cl5O7/c1-5-17(28)10(24)2-6-12(7-3-11(25)18(29)16(27)20(7)34-19(5)6)14-13(22(32)33)9(23)4-8(15(14)26)21(30)31/h2-4,28H,1H3,(H,30,31)(H,32,33). The van der Waals surface area contributed by atoms with Crippen LogP contribution in [-0.2, 0) is 0 Å². The Morgan fingerprint density at radius 3 is 2.09 bits per heavy atom. The minimum absolute atomic E-state index is 0.0162. The van der Waals surface area contributed by atoms with Crippen molar-refractivity contribution >= 4 is 80.9 Å². The third-order valence-corrected chi connectivity index (χ3v) is 6.82. The van der Waals surface area contributed by atoms with Crippen molar-refractivity contribution in [3.8, 4) is 28.2 Å². The molecule has 0 saturated carbocycles. The molecule has 3 N–H and O–H groups in total. The highest BCUT2D eigenvalue weighted by Crippen LogP contribution is 2.50. The highest BCUT2D eigenvalue weighted by Gasteiger charge is 2.32. The first kappa shape index (κ1) is 24.4. The summed E-state index contributed by atoms with van der Waals surface area (Å²) in [4.78, 5) is 36.4. The molecule has 0 atom stereocenters. The number of phenols is 1. The minimum Gasteiger partial charge on any atom is -0.506 e. The molecule has 0 spiro atoms. The third-order valence-electron chi connectivity index (χ3n) is 5.22. The van der Waals surface area contributed by atoms with Crippen molar-refractivity contribution in [1.82, 2.24) is 0 Å². The first-order chi connectivity index (χ1) is 15.9. The SMILES string of the molecule is Cc1c(O)c(Cl)cc2c(-c3c(Cl)c(C(=O)O)cc(Cl)c3C(=O)O)c3cc(Cl)c(=O)c(Cl)c-3oc12. The Kier molecular flexibility index (Phi) is 6.12. The Morgan fingerprint density at radius 1 is 0.853 bits per heavy atom. The molecule has 1 aliphatic heterocycles. The van der Waals surface area contributed by atoms with E-state index >= 15 is 0 Å². The normalized spacial score (nSPS) is 11.4. The molecule has 7 nitrogen and oxygen atoms in total. The van der Waals surface area contributed by atoms with E-state index in [4.69, 9.17) is 62.4 Å². The number of carboxylic acids is 2. The van der Waals surface area contributed by atoms with Crippen molar-refractivity contribution in [3.05, 3.63) is 70.2 Å². The summed E-state index contributed by atoms with van der Waals surface area (Å²) < 4.78 is 5.84. The predicted molar refractivity (Wildman–Crippen MR) is 130 cm³/mol. The van der Waals surface area contributed by atoms with Gasteiger partial charge in [0.1, 0.15) is 16.4 Å². The van der Waals surface area contributed by atoms with Gasteiger partial charge in [0.25, 0.3) is 0 Å². The summed E-state index contributed by atoms with van der Waals surface area (Å²) in [6.45, 7) is 1.46. The molecule has 0 unspecified atom stereocenters. The van der Waals surface area contributed by atoms with E-state index in [-0.39, 0.29) is 54.8 Å². The molecule has 34 heavy (non-hydrogen) atoms. The van der Waals surface area contributed by atoms with E-state index in [2.05, 4.69) is 0 Å². The molecule has 4 rings (SSSR count). The van der Waals surface area contributed by atoms with Crippen LogP contribution in [0.1, 0.15) is 26.3 Å². The van der Waals surface area contributed by atoms with Crippen LogP contribution in [0.4, 0.5) is 0 Å². The number of rotatable bonds is 3. The molecular formula is C22H9Cl5O7. The van der Waals surface area contributed by atoms with Crippen molar-refractivity contribution < 1.29 is 29.3 Å². The van der Waals surface area contributed by atoms with Crippen LogP contribution < -0.4 is 5.43 Å². The molecule has 2 aromatic carbocycles. The Hall–Kier alpha value is -2.68. The third kappa shape index (κ3) is 3.56. The molecule has 0 aromatic heterocycles. The Balaban J connectivity index is 2.42. The number of hydrogen-bond acceptors (Lipinski definition) is 5. The fraction of sp³-hybridized carbons (Fsp3) is 0.0455. The second-order valence-corrected chi connectivity index (χ2v) is 9.12. The number of phenolic OH excluding ortho intramolecular Hbond substituents is 1. The molecule has 1 aliphatic carbocycles. The highest BCUT2D eigenvalue weighted by atomic mass is 35.5. The first-order valence-electron chi connectivity index (χ1n) is 9.12. The van der Waals surface area contributed by atoms with Crippen LogP contribution >= 0.6 is 58.0 Å². The lowest BCUT2D eigenvalue weighted by Gasteiger charge is -2.21. The van der Waals surface area contributed by atoms with Gasteiger partial charge in [-0.05, 0) is 25.1 Å². The molecule has 2 aromatic rings. The van der Waals surface area contributed by atoms with Gasteiger partial charge in [-0.2, -0.15) is 0 Å². The number of halogens is 5. The largest absolute Gasteiger partial charge is 0.506 e. The maximum absolute atomic E-state index is 12.4. The molecule has 0 bridgehead atoms. The van der Waals surface area contributed by atoms with Crippen LogP contribution in [0.3, 0.4) is 0 Å². The molecule has 2 aliphatic rings. The van der Waals surface area contributed by atoms with E-state index in [1.807, 2.05) is 0 Å². The molecule has 0 amide bonds. The topological polar surface area (TPSA) is 125 Å². The lowest BCUT2D eigenvalue weighted by molar-refractivity contribution is 0.0682. The van der Waals surface area contributed by atoms with E-state index in [0.29, 0.717) is 0 Å². The monoisotopic (exact) mass is 560 g/mol. The van der Waals surface area contributed by atoms with Gasteiger partial charge in [-0.1, -0.05) is 58.0 Å². The molecule has 12 heteroatoms. The Labute approximate surface area is 214 Å². The maximum Gasteiger partial charge on any atom is 0.337 e. The van der Waals surface area contributed by atoms with Crippen molar-refractivity contribution in [2.75, 3.05) is 0 Å². The minimum atomic E-state index is -1.51. The maximum atomic E-state index is 12.4. The molecule has 174 valence electrons. The van der Waals surface area contributed by atoms with E-state index in [0.717, 1.165) is 6.07 Å². The number of aryl methyl sites for hydroxylation is 1. The number of aromatic hydroxyl groups is 1. The second-order valence-electron chi connectivity index (χ2n) is 7.14. The van der Waals surface area contributed by atoms with Crippen LogP contribution in [0.25, 0.3) is 33.4 Å². The lowest BCUT2D eigenvalue weighted by atomic mass is 9.88. The molecule has 1 heterocycles. The van der Waals surface area contributed by atoms with Gasteiger partial charge in [-0.25, -0.2) is 9.59 Å². The summed E-state index contributed by atoms with van der Waals surface area (Å²) in [5.41, 5.74) is -1.92. The predicted octanol–water partition coefficient (Wildman–Crippen LogP) is 7.24. The van der Waals surface area contributed by atoms with E-state index in [1.165, 1.54) is 19.1 Å². The summed E-state index contributed by atoms with van der Waals surface area (Å²) in [6.07, 6.45) is 0. The summed E-state index contributed by atoms with van der Waals surface area (Å²) in [5.74, 6) is -3.52. The fourth-order valence-electron chi connectivity index (χ4n) is 3.68. The average molecular weight is 563 g/mol. The number of fused-ring (bicyclic) bond motifs is 2. The Morgan fingerprint density at radius 2 is 1.50 bits per heavy atom. The van der Waals surface area contributed by atoms with E-state index in [9.17, 15) is 29.7 Å². The summed E-state index contributed by atoms with van der Waals surface area (Å²) >= 11 is 31.1. The zero-order chi connectivity index (χ0) is 25.2. The number of aromatic carboxylic acids is 2. The van der Waals surface area contributed by atoms with Crippen LogP contribution in [-0.4, -0.2) is 27.3 Å². The summed E-state index contributed by atoms with van der Waals surface area (Å²) in [5, 5.41) is 28.3. The van der Waals surface area contributed by atoms with Gasteiger partial charge in [0.05, 0.1) is 31.2 Å². The smallest absolute Gasteiger partial charge is 0.337 e. The molecule has 0 saturated heterocycles.